The lowest BCUT2D eigenvalue weighted by atomic mass is 9.97. The minimum absolute atomic E-state index is 0.0769. The van der Waals surface area contributed by atoms with Crippen molar-refractivity contribution in [2.24, 2.45) is 17.8 Å². The summed E-state index contributed by atoms with van der Waals surface area (Å²) in [5.74, 6) is 1.49. The van der Waals surface area contributed by atoms with Crippen LogP contribution >= 0.6 is 0 Å². The van der Waals surface area contributed by atoms with Crippen LogP contribution in [0.25, 0.3) is 0 Å². The summed E-state index contributed by atoms with van der Waals surface area (Å²) < 4.78 is 38.2. The van der Waals surface area contributed by atoms with Gasteiger partial charge in [-0.1, -0.05) is 26.0 Å². The fourth-order valence-electron chi connectivity index (χ4n) is 4.83. The van der Waals surface area contributed by atoms with Gasteiger partial charge in [0.15, 0.2) is 0 Å². The van der Waals surface area contributed by atoms with E-state index in [1.807, 2.05) is 7.05 Å². The van der Waals surface area contributed by atoms with Crippen LogP contribution in [0, 0.1) is 17.8 Å². The molecule has 2 aliphatic rings. The Balaban J connectivity index is 1.54. The van der Waals surface area contributed by atoms with Crippen LogP contribution in [0.4, 0.5) is 13.2 Å². The van der Waals surface area contributed by atoms with Crippen molar-refractivity contribution in [2.45, 2.75) is 57.9 Å². The van der Waals surface area contributed by atoms with Gasteiger partial charge in [-0.05, 0) is 61.8 Å². The van der Waals surface area contributed by atoms with E-state index in [9.17, 15) is 18.0 Å². The van der Waals surface area contributed by atoms with Gasteiger partial charge in [0.1, 0.15) is 0 Å². The standard InChI is InChI=1S/C22H32F3N3O/c1-14(2)10-20(26-3)21(29)27-19-9-6-16-12-28(13-18(16)19)11-15-4-7-17(8-5-15)22(23,24)25/h4-5,7-8,14,16,18-20,26H,6,9-13H2,1-3H3,(H,27,29)/t16-,18+,19+,20+/m1/s1. The summed E-state index contributed by atoms with van der Waals surface area (Å²) in [6.45, 7) is 6.70. The lowest BCUT2D eigenvalue weighted by Gasteiger charge is -2.25. The van der Waals surface area contributed by atoms with Crippen LogP contribution in [0.5, 0.6) is 0 Å². The van der Waals surface area contributed by atoms with Crippen LogP contribution < -0.4 is 10.6 Å². The quantitative estimate of drug-likeness (QED) is 0.720. The van der Waals surface area contributed by atoms with Gasteiger partial charge in [0.05, 0.1) is 11.6 Å². The molecule has 1 heterocycles. The zero-order valence-corrected chi connectivity index (χ0v) is 17.4. The average molecular weight is 412 g/mol. The van der Waals surface area contributed by atoms with E-state index in [4.69, 9.17) is 0 Å². The van der Waals surface area contributed by atoms with Crippen molar-refractivity contribution < 1.29 is 18.0 Å². The number of nitrogens with zero attached hydrogens (tertiary/aromatic N) is 1. The largest absolute Gasteiger partial charge is 0.416 e. The molecular formula is C22H32F3N3O. The Hall–Kier alpha value is -1.60. The summed E-state index contributed by atoms with van der Waals surface area (Å²) in [5.41, 5.74) is 0.286. The Kier molecular flexibility index (Phi) is 6.89. The van der Waals surface area contributed by atoms with Crippen LogP contribution in [0.3, 0.4) is 0 Å². The second-order valence-electron chi connectivity index (χ2n) is 8.98. The van der Waals surface area contributed by atoms with Gasteiger partial charge in [-0.2, -0.15) is 13.2 Å². The fourth-order valence-corrected chi connectivity index (χ4v) is 4.83. The van der Waals surface area contributed by atoms with E-state index in [0.29, 0.717) is 24.3 Å². The van der Waals surface area contributed by atoms with E-state index < -0.39 is 11.7 Å². The molecule has 1 amide bonds. The number of hydrogen-bond donors (Lipinski definition) is 2. The van der Waals surface area contributed by atoms with Crippen LogP contribution in [0.2, 0.25) is 0 Å². The molecule has 162 valence electrons. The first-order valence-corrected chi connectivity index (χ1v) is 10.5. The molecule has 3 rings (SSSR count). The molecule has 1 saturated carbocycles. The molecule has 1 saturated heterocycles. The predicted octanol–water partition coefficient (Wildman–Crippen LogP) is 3.67. The number of rotatable bonds is 7. The molecule has 0 radical (unpaired) electrons. The summed E-state index contributed by atoms with van der Waals surface area (Å²) in [6, 6.07) is 5.47. The lowest BCUT2D eigenvalue weighted by molar-refractivity contribution is -0.137. The van der Waals surface area contributed by atoms with Crippen molar-refractivity contribution in [2.75, 3.05) is 20.1 Å². The molecule has 1 aromatic carbocycles. The highest BCUT2D eigenvalue weighted by molar-refractivity contribution is 5.82. The highest BCUT2D eigenvalue weighted by Gasteiger charge is 2.43. The number of fused-ring (bicyclic) bond motifs is 1. The van der Waals surface area contributed by atoms with Gasteiger partial charge in [0, 0.05) is 25.7 Å². The number of amides is 1. The maximum absolute atomic E-state index is 12.7. The Morgan fingerprint density at radius 1 is 1.17 bits per heavy atom. The van der Waals surface area contributed by atoms with Crippen molar-refractivity contribution >= 4 is 5.91 Å². The molecule has 0 aromatic heterocycles. The van der Waals surface area contributed by atoms with Crippen LogP contribution in [0.1, 0.15) is 44.2 Å². The minimum Gasteiger partial charge on any atom is -0.352 e. The first kappa shape index (κ1) is 22.1. The van der Waals surface area contributed by atoms with Crippen molar-refractivity contribution in [3.8, 4) is 0 Å². The van der Waals surface area contributed by atoms with Crippen molar-refractivity contribution in [3.63, 3.8) is 0 Å². The van der Waals surface area contributed by atoms with Crippen molar-refractivity contribution in [3.05, 3.63) is 35.4 Å². The molecule has 4 nitrogen and oxygen atoms in total. The van der Waals surface area contributed by atoms with E-state index in [2.05, 4.69) is 29.4 Å². The number of hydrogen-bond acceptors (Lipinski definition) is 3. The molecule has 0 bridgehead atoms. The molecule has 2 fully saturated rings. The SMILES string of the molecule is CN[C@@H](CC(C)C)C(=O)N[C@H]1CC[C@@H]2CN(Cc3ccc(C(F)(F)F)cc3)C[C@@H]21. The number of nitrogens with one attached hydrogen (secondary N) is 2. The molecule has 4 atom stereocenters. The predicted molar refractivity (Wildman–Crippen MR) is 107 cm³/mol. The number of carbonyl (C=O) groups is 1. The smallest absolute Gasteiger partial charge is 0.352 e. The molecule has 1 aliphatic carbocycles. The fraction of sp³-hybridized carbons (Fsp3) is 0.682. The third-order valence-electron chi connectivity index (χ3n) is 6.32. The molecule has 0 spiro atoms. The van der Waals surface area contributed by atoms with E-state index in [0.717, 1.165) is 50.0 Å². The molecule has 7 heteroatoms. The highest BCUT2D eigenvalue weighted by Crippen LogP contribution is 2.39. The topological polar surface area (TPSA) is 44.4 Å². The second kappa shape index (κ2) is 9.04. The number of carbonyl (C=O) groups excluding carboxylic acids is 1. The number of likely N-dealkylation sites (tertiary alicyclic amines) is 1. The first-order chi connectivity index (χ1) is 13.7. The number of benzene rings is 1. The molecule has 1 aliphatic heterocycles. The Morgan fingerprint density at radius 2 is 1.86 bits per heavy atom. The van der Waals surface area contributed by atoms with Gasteiger partial charge in [0.25, 0.3) is 0 Å². The minimum atomic E-state index is -4.30. The third kappa shape index (κ3) is 5.51. The van der Waals surface area contributed by atoms with Crippen LogP contribution in [-0.2, 0) is 17.5 Å². The monoisotopic (exact) mass is 411 g/mol. The van der Waals surface area contributed by atoms with Crippen molar-refractivity contribution in [1.82, 2.24) is 15.5 Å². The Morgan fingerprint density at radius 3 is 2.45 bits per heavy atom. The van der Waals surface area contributed by atoms with E-state index in [1.54, 1.807) is 12.1 Å². The Labute approximate surface area is 171 Å². The molecule has 29 heavy (non-hydrogen) atoms. The summed E-state index contributed by atoms with van der Waals surface area (Å²) in [7, 11) is 1.82. The summed E-state index contributed by atoms with van der Waals surface area (Å²) in [4.78, 5) is 15.0. The van der Waals surface area contributed by atoms with Crippen LogP contribution in [0.15, 0.2) is 24.3 Å². The zero-order chi connectivity index (χ0) is 21.2. The summed E-state index contributed by atoms with van der Waals surface area (Å²) in [5, 5.41) is 6.38. The van der Waals surface area contributed by atoms with E-state index in [1.165, 1.54) is 0 Å². The molecular weight excluding hydrogens is 379 g/mol. The number of alkyl halides is 3. The first-order valence-electron chi connectivity index (χ1n) is 10.5. The van der Waals surface area contributed by atoms with Gasteiger partial charge < -0.3 is 10.6 Å². The Bertz CT molecular complexity index is 690. The van der Waals surface area contributed by atoms with Gasteiger partial charge in [-0.25, -0.2) is 0 Å². The van der Waals surface area contributed by atoms with E-state index in [-0.39, 0.29) is 18.0 Å². The normalized spacial score (nSPS) is 26.0. The van der Waals surface area contributed by atoms with Gasteiger partial charge in [-0.3, -0.25) is 9.69 Å². The molecule has 2 N–H and O–H groups in total. The van der Waals surface area contributed by atoms with Crippen LogP contribution in [-0.4, -0.2) is 43.0 Å². The molecule has 1 aromatic rings. The maximum Gasteiger partial charge on any atom is 0.416 e. The second-order valence-corrected chi connectivity index (χ2v) is 8.98. The van der Waals surface area contributed by atoms with Gasteiger partial charge in [0.2, 0.25) is 5.91 Å². The maximum atomic E-state index is 12.7. The van der Waals surface area contributed by atoms with Gasteiger partial charge in [-0.15, -0.1) is 0 Å². The molecule has 0 unspecified atom stereocenters. The summed E-state index contributed by atoms with van der Waals surface area (Å²) in [6.07, 6.45) is -1.39. The zero-order valence-electron chi connectivity index (χ0n) is 17.4. The number of halogens is 3. The number of likely N-dealkylation sites (N-methyl/N-ethyl adjacent to an activating group) is 1. The third-order valence-corrected chi connectivity index (χ3v) is 6.32. The summed E-state index contributed by atoms with van der Waals surface area (Å²) >= 11 is 0. The average Bonchev–Trinajstić information content (AvgIpc) is 3.20. The van der Waals surface area contributed by atoms with Crippen molar-refractivity contribution in [1.29, 1.82) is 0 Å². The highest BCUT2D eigenvalue weighted by atomic mass is 19.4. The van der Waals surface area contributed by atoms with Gasteiger partial charge >= 0.3 is 6.18 Å². The van der Waals surface area contributed by atoms with E-state index >= 15 is 0 Å². The lowest BCUT2D eigenvalue weighted by Crippen LogP contribution is -2.49.